The topological polar surface area (TPSA) is 55.6 Å². The van der Waals surface area contributed by atoms with Crippen molar-refractivity contribution in [2.75, 3.05) is 5.32 Å². The molecular weight excluding hydrogens is 298 g/mol. The van der Waals surface area contributed by atoms with Crippen LogP contribution in [0.3, 0.4) is 0 Å². The molecule has 5 nitrogen and oxygen atoms in total. The van der Waals surface area contributed by atoms with E-state index in [9.17, 15) is 0 Å². The fraction of sp³-hybridized carbons (Fsp3) is 0.105. The highest BCUT2D eigenvalue weighted by molar-refractivity contribution is 5.80. The molecule has 0 aliphatic rings. The molecule has 0 aliphatic heterocycles. The fourth-order valence-electron chi connectivity index (χ4n) is 2.62. The number of nitrogens with zero attached hydrogens (tertiary/aromatic N) is 4. The second-order valence-corrected chi connectivity index (χ2v) is 5.68. The lowest BCUT2D eigenvalue weighted by molar-refractivity contribution is 0.780. The summed E-state index contributed by atoms with van der Waals surface area (Å²) in [7, 11) is 0. The van der Waals surface area contributed by atoms with Crippen LogP contribution in [0.1, 0.15) is 18.7 Å². The van der Waals surface area contributed by atoms with Crippen LogP contribution in [-0.2, 0) is 0 Å². The zero-order valence-corrected chi connectivity index (χ0v) is 13.3. The standard InChI is InChI=1S/C19H17N5/c1-14(18-13-24(23-22-18)16-8-3-2-4-9-16)20-19-12-11-15-7-5-6-10-17(15)21-19/h2-14H,1H3,(H,20,21). The molecule has 2 aromatic carbocycles. The quantitative estimate of drug-likeness (QED) is 0.619. The Balaban J connectivity index is 1.55. The van der Waals surface area contributed by atoms with E-state index in [1.807, 2.05) is 60.8 Å². The van der Waals surface area contributed by atoms with Crippen LogP contribution >= 0.6 is 0 Å². The van der Waals surface area contributed by atoms with E-state index in [2.05, 4.69) is 39.7 Å². The van der Waals surface area contributed by atoms with Crippen LogP contribution < -0.4 is 5.32 Å². The molecular formula is C19H17N5. The molecule has 4 aromatic rings. The number of nitrogens with one attached hydrogen (secondary N) is 1. The Morgan fingerprint density at radius 2 is 1.71 bits per heavy atom. The van der Waals surface area contributed by atoms with Crippen LogP contribution in [-0.4, -0.2) is 20.0 Å². The van der Waals surface area contributed by atoms with Gasteiger partial charge in [-0.3, -0.25) is 0 Å². The van der Waals surface area contributed by atoms with Gasteiger partial charge in [-0.2, -0.15) is 0 Å². The minimum absolute atomic E-state index is 0.0103. The highest BCUT2D eigenvalue weighted by atomic mass is 15.4. The summed E-state index contributed by atoms with van der Waals surface area (Å²) in [5.41, 5.74) is 2.84. The van der Waals surface area contributed by atoms with Crippen molar-refractivity contribution in [3.05, 3.63) is 78.6 Å². The van der Waals surface area contributed by atoms with Crippen molar-refractivity contribution >= 4 is 16.7 Å². The highest BCUT2D eigenvalue weighted by Crippen LogP contribution is 2.19. The zero-order chi connectivity index (χ0) is 16.4. The Bertz CT molecular complexity index is 962. The van der Waals surface area contributed by atoms with Crippen molar-refractivity contribution in [3.8, 4) is 5.69 Å². The van der Waals surface area contributed by atoms with Crippen LogP contribution in [0.4, 0.5) is 5.82 Å². The van der Waals surface area contributed by atoms with Gasteiger partial charge in [0.1, 0.15) is 11.5 Å². The van der Waals surface area contributed by atoms with E-state index >= 15 is 0 Å². The first-order valence-corrected chi connectivity index (χ1v) is 7.89. The monoisotopic (exact) mass is 315 g/mol. The van der Waals surface area contributed by atoms with Gasteiger partial charge in [0.15, 0.2) is 0 Å². The summed E-state index contributed by atoms with van der Waals surface area (Å²) in [5, 5.41) is 13.0. The molecule has 1 unspecified atom stereocenters. The summed E-state index contributed by atoms with van der Waals surface area (Å²) in [6.45, 7) is 2.05. The van der Waals surface area contributed by atoms with Crippen LogP contribution in [0.25, 0.3) is 16.6 Å². The Morgan fingerprint density at radius 3 is 2.58 bits per heavy atom. The van der Waals surface area contributed by atoms with Gasteiger partial charge < -0.3 is 5.32 Å². The van der Waals surface area contributed by atoms with E-state index in [0.717, 1.165) is 28.1 Å². The third-order valence-electron chi connectivity index (χ3n) is 3.94. The predicted molar refractivity (Wildman–Crippen MR) is 95.1 cm³/mol. The molecule has 0 saturated carbocycles. The molecule has 0 spiro atoms. The maximum atomic E-state index is 4.64. The van der Waals surface area contributed by atoms with E-state index in [-0.39, 0.29) is 6.04 Å². The first-order chi connectivity index (χ1) is 11.8. The van der Waals surface area contributed by atoms with Gasteiger partial charge in [-0.15, -0.1) is 5.10 Å². The summed E-state index contributed by atoms with van der Waals surface area (Å²) < 4.78 is 1.78. The number of benzene rings is 2. The lowest BCUT2D eigenvalue weighted by Crippen LogP contribution is -2.08. The van der Waals surface area contributed by atoms with Crippen molar-refractivity contribution in [1.29, 1.82) is 0 Å². The Kier molecular flexibility index (Phi) is 3.67. The van der Waals surface area contributed by atoms with Crippen LogP contribution in [0.5, 0.6) is 0 Å². The second kappa shape index (κ2) is 6.12. The summed E-state index contributed by atoms with van der Waals surface area (Å²) in [6, 6.07) is 22.1. The number of fused-ring (bicyclic) bond motifs is 1. The zero-order valence-electron chi connectivity index (χ0n) is 13.3. The first kappa shape index (κ1) is 14.4. The molecule has 0 aliphatic carbocycles. The minimum Gasteiger partial charge on any atom is -0.362 e. The second-order valence-electron chi connectivity index (χ2n) is 5.68. The van der Waals surface area contributed by atoms with Gasteiger partial charge in [0, 0.05) is 5.39 Å². The van der Waals surface area contributed by atoms with E-state index < -0.39 is 0 Å². The SMILES string of the molecule is CC(Nc1ccc2ccccc2n1)c1cn(-c2ccccc2)nn1. The fourth-order valence-corrected chi connectivity index (χ4v) is 2.62. The number of anilines is 1. The summed E-state index contributed by atoms with van der Waals surface area (Å²) in [4.78, 5) is 4.64. The van der Waals surface area contributed by atoms with E-state index in [0.29, 0.717) is 0 Å². The van der Waals surface area contributed by atoms with Crippen molar-refractivity contribution in [1.82, 2.24) is 20.0 Å². The van der Waals surface area contributed by atoms with E-state index in [1.165, 1.54) is 0 Å². The third-order valence-corrected chi connectivity index (χ3v) is 3.94. The number of aromatic nitrogens is 4. The number of para-hydroxylation sites is 2. The predicted octanol–water partition coefficient (Wildman–Crippen LogP) is 3.99. The molecule has 0 amide bonds. The van der Waals surface area contributed by atoms with Crippen molar-refractivity contribution in [2.24, 2.45) is 0 Å². The van der Waals surface area contributed by atoms with Gasteiger partial charge in [0.25, 0.3) is 0 Å². The summed E-state index contributed by atoms with van der Waals surface area (Å²) in [5.74, 6) is 0.829. The highest BCUT2D eigenvalue weighted by Gasteiger charge is 2.11. The number of hydrogen-bond acceptors (Lipinski definition) is 4. The molecule has 4 rings (SSSR count). The maximum Gasteiger partial charge on any atom is 0.127 e. The lowest BCUT2D eigenvalue weighted by Gasteiger charge is -2.12. The summed E-state index contributed by atoms with van der Waals surface area (Å²) >= 11 is 0. The van der Waals surface area contributed by atoms with E-state index in [4.69, 9.17) is 0 Å². The van der Waals surface area contributed by atoms with Crippen LogP contribution in [0, 0.1) is 0 Å². The molecule has 2 heterocycles. The van der Waals surface area contributed by atoms with Gasteiger partial charge in [-0.25, -0.2) is 9.67 Å². The van der Waals surface area contributed by atoms with Crippen LogP contribution in [0.15, 0.2) is 72.9 Å². The molecule has 2 aromatic heterocycles. The Hall–Kier alpha value is -3.21. The van der Waals surface area contributed by atoms with Crippen molar-refractivity contribution < 1.29 is 0 Å². The first-order valence-electron chi connectivity index (χ1n) is 7.89. The molecule has 1 N–H and O–H groups in total. The Labute approximate surface area is 140 Å². The molecule has 1 atom stereocenters. The molecule has 0 fully saturated rings. The molecule has 0 saturated heterocycles. The van der Waals surface area contributed by atoms with Gasteiger partial charge in [0.05, 0.1) is 23.4 Å². The summed E-state index contributed by atoms with van der Waals surface area (Å²) in [6.07, 6.45) is 1.94. The lowest BCUT2D eigenvalue weighted by atomic mass is 10.2. The van der Waals surface area contributed by atoms with Gasteiger partial charge in [0.2, 0.25) is 0 Å². The van der Waals surface area contributed by atoms with E-state index in [1.54, 1.807) is 4.68 Å². The molecule has 5 heteroatoms. The molecule has 0 bridgehead atoms. The molecule has 24 heavy (non-hydrogen) atoms. The molecule has 118 valence electrons. The smallest absolute Gasteiger partial charge is 0.127 e. The van der Waals surface area contributed by atoms with Crippen molar-refractivity contribution in [2.45, 2.75) is 13.0 Å². The number of hydrogen-bond donors (Lipinski definition) is 1. The Morgan fingerprint density at radius 1 is 0.917 bits per heavy atom. The number of pyridine rings is 1. The average molecular weight is 315 g/mol. The van der Waals surface area contributed by atoms with Crippen molar-refractivity contribution in [3.63, 3.8) is 0 Å². The largest absolute Gasteiger partial charge is 0.362 e. The minimum atomic E-state index is 0.0103. The average Bonchev–Trinajstić information content (AvgIpc) is 3.13. The van der Waals surface area contributed by atoms with Gasteiger partial charge in [-0.05, 0) is 37.3 Å². The maximum absolute atomic E-state index is 4.64. The van der Waals surface area contributed by atoms with Crippen LogP contribution in [0.2, 0.25) is 0 Å². The van der Waals surface area contributed by atoms with Gasteiger partial charge >= 0.3 is 0 Å². The third kappa shape index (κ3) is 2.84. The number of rotatable bonds is 4. The normalized spacial score (nSPS) is 12.2. The van der Waals surface area contributed by atoms with Gasteiger partial charge in [-0.1, -0.05) is 41.6 Å². The molecule has 0 radical (unpaired) electrons.